The van der Waals surface area contributed by atoms with Crippen LogP contribution in [-0.4, -0.2) is 11.1 Å². The fraction of sp³-hybridized carbons (Fsp3) is 0.0588. The van der Waals surface area contributed by atoms with E-state index in [1.807, 2.05) is 25.1 Å². The molecule has 1 N–H and O–H groups in total. The molecule has 0 unspecified atom stereocenters. The number of carboxylic acid groups (broad SMARTS) is 1. The van der Waals surface area contributed by atoms with E-state index < -0.39 is 5.97 Å². The minimum absolute atomic E-state index is 0.553. The highest BCUT2D eigenvalue weighted by Gasteiger charge is 2.04. The molecular formula is C17H13NO3. The summed E-state index contributed by atoms with van der Waals surface area (Å²) < 4.78 is 5.74. The first-order chi connectivity index (χ1) is 10.1. The lowest BCUT2D eigenvalue weighted by atomic mass is 10.1. The molecule has 0 spiro atoms. The number of hydrogen-bond donors (Lipinski definition) is 1. The molecule has 21 heavy (non-hydrogen) atoms. The zero-order valence-corrected chi connectivity index (χ0v) is 11.4. The van der Waals surface area contributed by atoms with Crippen molar-refractivity contribution in [1.82, 2.24) is 0 Å². The van der Waals surface area contributed by atoms with E-state index in [2.05, 4.69) is 0 Å². The van der Waals surface area contributed by atoms with Crippen LogP contribution in [0.5, 0.6) is 11.5 Å². The number of nitrogens with zero attached hydrogens (tertiary/aromatic N) is 1. The van der Waals surface area contributed by atoms with Crippen LogP contribution in [0.2, 0.25) is 0 Å². The molecule has 4 nitrogen and oxygen atoms in total. The summed E-state index contributed by atoms with van der Waals surface area (Å²) in [5.74, 6) is 0.131. The highest BCUT2D eigenvalue weighted by molar-refractivity contribution is 5.86. The summed E-state index contributed by atoms with van der Waals surface area (Å²) in [6.45, 7) is 1.92. The van der Waals surface area contributed by atoms with Crippen LogP contribution in [0.25, 0.3) is 6.08 Å². The van der Waals surface area contributed by atoms with Crippen molar-refractivity contribution in [2.24, 2.45) is 0 Å². The SMILES string of the molecule is Cc1ccc(Oc2ccc(C#N)cc2)c(/C=C/C(=O)O)c1. The lowest BCUT2D eigenvalue weighted by molar-refractivity contribution is -0.131. The first-order valence-corrected chi connectivity index (χ1v) is 6.28. The summed E-state index contributed by atoms with van der Waals surface area (Å²) in [6, 6.07) is 14.3. The molecule has 0 aromatic heterocycles. The zero-order chi connectivity index (χ0) is 15.2. The van der Waals surface area contributed by atoms with Crippen LogP contribution in [0.1, 0.15) is 16.7 Å². The molecule has 0 aliphatic heterocycles. The number of ether oxygens (including phenoxy) is 1. The number of aliphatic carboxylic acids is 1. The Morgan fingerprint density at radius 3 is 2.57 bits per heavy atom. The topological polar surface area (TPSA) is 70.3 Å². The Balaban J connectivity index is 2.30. The van der Waals surface area contributed by atoms with Crippen molar-refractivity contribution in [2.75, 3.05) is 0 Å². The van der Waals surface area contributed by atoms with Gasteiger partial charge in [0.25, 0.3) is 0 Å². The minimum Gasteiger partial charge on any atom is -0.478 e. The Kier molecular flexibility index (Phi) is 4.37. The molecule has 0 radical (unpaired) electrons. The van der Waals surface area contributed by atoms with Crippen molar-refractivity contribution >= 4 is 12.0 Å². The molecule has 0 saturated carbocycles. The number of nitriles is 1. The number of rotatable bonds is 4. The van der Waals surface area contributed by atoms with Gasteiger partial charge >= 0.3 is 5.97 Å². The highest BCUT2D eigenvalue weighted by atomic mass is 16.5. The van der Waals surface area contributed by atoms with Crippen LogP contribution in [-0.2, 0) is 4.79 Å². The van der Waals surface area contributed by atoms with Crippen LogP contribution < -0.4 is 4.74 Å². The average Bonchev–Trinajstić information content (AvgIpc) is 2.48. The monoisotopic (exact) mass is 279 g/mol. The summed E-state index contributed by atoms with van der Waals surface area (Å²) in [7, 11) is 0. The zero-order valence-electron chi connectivity index (χ0n) is 11.4. The smallest absolute Gasteiger partial charge is 0.328 e. The molecule has 0 bridgehead atoms. The Hall–Kier alpha value is -3.06. The van der Waals surface area contributed by atoms with Crippen molar-refractivity contribution < 1.29 is 14.6 Å². The lowest BCUT2D eigenvalue weighted by Gasteiger charge is -2.09. The molecule has 0 fully saturated rings. The Bertz CT molecular complexity index is 725. The van der Waals surface area contributed by atoms with Crippen LogP contribution >= 0.6 is 0 Å². The maximum atomic E-state index is 10.6. The molecule has 2 rings (SSSR count). The number of benzene rings is 2. The Labute approximate surface area is 122 Å². The Morgan fingerprint density at radius 1 is 1.24 bits per heavy atom. The second kappa shape index (κ2) is 6.40. The second-order valence-electron chi connectivity index (χ2n) is 4.45. The number of carbonyl (C=O) groups is 1. The van der Waals surface area contributed by atoms with Crippen LogP contribution in [0, 0.1) is 18.3 Å². The predicted molar refractivity (Wildman–Crippen MR) is 79.1 cm³/mol. The molecule has 0 atom stereocenters. The van der Waals surface area contributed by atoms with Crippen molar-refractivity contribution in [1.29, 1.82) is 5.26 Å². The van der Waals surface area contributed by atoms with Gasteiger partial charge in [0, 0.05) is 11.6 Å². The van der Waals surface area contributed by atoms with Gasteiger partial charge in [-0.1, -0.05) is 11.6 Å². The highest BCUT2D eigenvalue weighted by Crippen LogP contribution is 2.27. The van der Waals surface area contributed by atoms with Crippen molar-refractivity contribution in [3.8, 4) is 17.6 Å². The molecule has 0 aliphatic rings. The third-order valence-electron chi connectivity index (χ3n) is 2.78. The third kappa shape index (κ3) is 3.95. The molecule has 2 aromatic carbocycles. The van der Waals surface area contributed by atoms with Crippen LogP contribution in [0.4, 0.5) is 0 Å². The van der Waals surface area contributed by atoms with Gasteiger partial charge in [0.15, 0.2) is 0 Å². The van der Waals surface area contributed by atoms with Crippen LogP contribution in [0.15, 0.2) is 48.5 Å². The molecule has 0 saturated heterocycles. The van der Waals surface area contributed by atoms with Gasteiger partial charge in [-0.05, 0) is 49.4 Å². The maximum Gasteiger partial charge on any atom is 0.328 e. The van der Waals surface area contributed by atoms with Gasteiger partial charge in [0.2, 0.25) is 0 Å². The normalized spacial score (nSPS) is 10.3. The van der Waals surface area contributed by atoms with Gasteiger partial charge in [-0.2, -0.15) is 5.26 Å². The average molecular weight is 279 g/mol. The van der Waals surface area contributed by atoms with E-state index in [-0.39, 0.29) is 0 Å². The fourth-order valence-electron chi connectivity index (χ4n) is 1.78. The van der Waals surface area contributed by atoms with Gasteiger partial charge in [-0.15, -0.1) is 0 Å². The summed E-state index contributed by atoms with van der Waals surface area (Å²) >= 11 is 0. The van der Waals surface area contributed by atoms with Gasteiger partial charge < -0.3 is 9.84 Å². The molecule has 0 amide bonds. The summed E-state index contributed by atoms with van der Waals surface area (Å²) in [4.78, 5) is 10.6. The fourth-order valence-corrected chi connectivity index (χ4v) is 1.78. The van der Waals surface area contributed by atoms with E-state index in [1.165, 1.54) is 6.08 Å². The van der Waals surface area contributed by atoms with E-state index in [1.54, 1.807) is 30.3 Å². The number of aryl methyl sites for hydroxylation is 1. The van der Waals surface area contributed by atoms with Crippen molar-refractivity contribution in [3.63, 3.8) is 0 Å². The first-order valence-electron chi connectivity index (χ1n) is 6.28. The van der Waals surface area contributed by atoms with Crippen LogP contribution in [0.3, 0.4) is 0 Å². The summed E-state index contributed by atoms with van der Waals surface area (Å²) in [5, 5.41) is 17.5. The van der Waals surface area contributed by atoms with E-state index in [0.29, 0.717) is 22.6 Å². The van der Waals surface area contributed by atoms with E-state index in [0.717, 1.165) is 11.6 Å². The Morgan fingerprint density at radius 2 is 1.95 bits per heavy atom. The molecule has 0 aliphatic carbocycles. The molecule has 104 valence electrons. The number of carboxylic acids is 1. The summed E-state index contributed by atoms with van der Waals surface area (Å²) in [6.07, 6.45) is 2.56. The lowest BCUT2D eigenvalue weighted by Crippen LogP contribution is -1.90. The minimum atomic E-state index is -1.01. The third-order valence-corrected chi connectivity index (χ3v) is 2.78. The van der Waals surface area contributed by atoms with Crippen molar-refractivity contribution in [3.05, 3.63) is 65.2 Å². The van der Waals surface area contributed by atoms with Gasteiger partial charge in [-0.25, -0.2) is 4.79 Å². The quantitative estimate of drug-likeness (QED) is 0.865. The molecule has 0 heterocycles. The molecular weight excluding hydrogens is 266 g/mol. The molecule has 4 heteroatoms. The van der Waals surface area contributed by atoms with E-state index in [9.17, 15) is 4.79 Å². The largest absolute Gasteiger partial charge is 0.478 e. The van der Waals surface area contributed by atoms with Gasteiger partial charge in [0.05, 0.1) is 11.6 Å². The number of hydrogen-bond acceptors (Lipinski definition) is 3. The first kappa shape index (κ1) is 14.4. The summed E-state index contributed by atoms with van der Waals surface area (Å²) in [5.41, 5.74) is 2.24. The maximum absolute atomic E-state index is 10.6. The standard InChI is InChI=1S/C17H13NO3/c1-12-2-8-16(14(10-12)5-9-17(19)20)21-15-6-3-13(11-18)4-7-15/h2-10H,1H3,(H,19,20)/b9-5+. The van der Waals surface area contributed by atoms with E-state index in [4.69, 9.17) is 15.1 Å². The van der Waals surface area contributed by atoms with Gasteiger partial charge in [0.1, 0.15) is 11.5 Å². The van der Waals surface area contributed by atoms with E-state index >= 15 is 0 Å². The molecule has 2 aromatic rings. The van der Waals surface area contributed by atoms with Crippen molar-refractivity contribution in [2.45, 2.75) is 6.92 Å². The van der Waals surface area contributed by atoms with Gasteiger partial charge in [-0.3, -0.25) is 0 Å². The predicted octanol–water partition coefficient (Wildman–Crippen LogP) is 3.76. The second-order valence-corrected chi connectivity index (χ2v) is 4.45.